The Kier molecular flexibility index (Phi) is 4.05. The molecule has 0 amide bonds. The topological polar surface area (TPSA) is 17.1 Å². The number of rotatable bonds is 3. The molecule has 0 aliphatic rings. The second-order valence-electron chi connectivity index (χ2n) is 3.91. The number of hydrogen-bond acceptors (Lipinski definition) is 1. The van der Waals surface area contributed by atoms with Gasteiger partial charge in [0.2, 0.25) is 0 Å². The van der Waals surface area contributed by atoms with Crippen molar-refractivity contribution in [3.8, 4) is 0 Å². The number of hydrogen-bond donors (Lipinski definition) is 0. The molecule has 0 spiro atoms. The minimum absolute atomic E-state index is 0.234. The van der Waals surface area contributed by atoms with Crippen LogP contribution in [0.1, 0.15) is 11.1 Å². The van der Waals surface area contributed by atoms with E-state index >= 15 is 0 Å². The quantitative estimate of drug-likeness (QED) is 0.768. The fourth-order valence-corrected chi connectivity index (χ4v) is 2.06. The van der Waals surface area contributed by atoms with Crippen LogP contribution >= 0.6 is 0 Å². The smallest absolute Gasteiger partial charge is 0.123 e. The fraction of sp³-hybridized carbons (Fsp3) is 0.0667. The van der Waals surface area contributed by atoms with Gasteiger partial charge in [-0.2, -0.15) is 0 Å². The van der Waals surface area contributed by atoms with Crippen molar-refractivity contribution in [2.75, 3.05) is 6.26 Å². The standard InChI is InChI=1S/C15H13FOS/c1-18(17)15-10-6-13(7-11-15)3-2-12-4-8-14(16)9-5-12/h2-11H,1H3/b3-2-. The summed E-state index contributed by atoms with van der Waals surface area (Å²) in [4.78, 5) is 0.814. The van der Waals surface area contributed by atoms with Crippen molar-refractivity contribution >= 4 is 23.0 Å². The molecule has 0 bridgehead atoms. The first-order chi connectivity index (χ1) is 8.65. The van der Waals surface area contributed by atoms with E-state index in [1.807, 2.05) is 36.4 Å². The van der Waals surface area contributed by atoms with Gasteiger partial charge in [-0.1, -0.05) is 36.4 Å². The van der Waals surface area contributed by atoms with Crippen LogP contribution < -0.4 is 0 Å². The summed E-state index contributed by atoms with van der Waals surface area (Å²) in [7, 11) is -0.946. The highest BCUT2D eigenvalue weighted by atomic mass is 32.2. The van der Waals surface area contributed by atoms with E-state index in [4.69, 9.17) is 0 Å². The Hall–Kier alpha value is -1.74. The van der Waals surface area contributed by atoms with Gasteiger partial charge in [0.1, 0.15) is 5.82 Å². The van der Waals surface area contributed by atoms with Crippen molar-refractivity contribution in [2.45, 2.75) is 4.90 Å². The molecule has 1 nitrogen and oxygen atoms in total. The molecule has 0 aromatic heterocycles. The van der Waals surface area contributed by atoms with Crippen LogP contribution in [-0.4, -0.2) is 10.5 Å². The first kappa shape index (κ1) is 12.7. The normalized spacial score (nSPS) is 12.8. The van der Waals surface area contributed by atoms with E-state index in [1.165, 1.54) is 12.1 Å². The molecule has 0 aliphatic heterocycles. The molecule has 92 valence electrons. The summed E-state index contributed by atoms with van der Waals surface area (Å²) in [5.74, 6) is -0.234. The lowest BCUT2D eigenvalue weighted by atomic mass is 10.1. The van der Waals surface area contributed by atoms with Gasteiger partial charge in [0.05, 0.1) is 0 Å². The predicted molar refractivity (Wildman–Crippen MR) is 74.1 cm³/mol. The zero-order chi connectivity index (χ0) is 13.0. The van der Waals surface area contributed by atoms with Crippen LogP contribution in [0.4, 0.5) is 4.39 Å². The molecule has 0 radical (unpaired) electrons. The predicted octanol–water partition coefficient (Wildman–Crippen LogP) is 3.73. The van der Waals surface area contributed by atoms with E-state index in [0.29, 0.717) is 0 Å². The second-order valence-corrected chi connectivity index (χ2v) is 5.29. The number of halogens is 1. The first-order valence-electron chi connectivity index (χ1n) is 5.52. The third kappa shape index (κ3) is 3.37. The Balaban J connectivity index is 2.13. The van der Waals surface area contributed by atoms with Crippen molar-refractivity contribution in [1.82, 2.24) is 0 Å². The molecular weight excluding hydrogens is 247 g/mol. The van der Waals surface area contributed by atoms with Crippen LogP contribution in [0.3, 0.4) is 0 Å². The van der Waals surface area contributed by atoms with Gasteiger partial charge >= 0.3 is 0 Å². The van der Waals surface area contributed by atoms with Gasteiger partial charge in [-0.15, -0.1) is 0 Å². The van der Waals surface area contributed by atoms with E-state index in [1.54, 1.807) is 18.4 Å². The molecule has 0 heterocycles. The van der Waals surface area contributed by atoms with Gasteiger partial charge < -0.3 is 0 Å². The average molecular weight is 260 g/mol. The Morgan fingerprint density at radius 1 is 0.889 bits per heavy atom. The summed E-state index contributed by atoms with van der Waals surface area (Å²) in [6, 6.07) is 13.8. The minimum atomic E-state index is -0.946. The zero-order valence-corrected chi connectivity index (χ0v) is 10.8. The molecule has 0 aliphatic carbocycles. The van der Waals surface area contributed by atoms with Crippen LogP contribution in [0.15, 0.2) is 53.4 Å². The maximum absolute atomic E-state index is 12.7. The summed E-state index contributed by atoms with van der Waals surface area (Å²) in [5.41, 5.74) is 1.97. The first-order valence-corrected chi connectivity index (χ1v) is 7.08. The minimum Gasteiger partial charge on any atom is -0.255 e. The SMILES string of the molecule is CS(=O)c1ccc(/C=C\c2ccc(F)cc2)cc1. The zero-order valence-electron chi connectivity index (χ0n) is 9.97. The van der Waals surface area contributed by atoms with E-state index < -0.39 is 10.8 Å². The van der Waals surface area contributed by atoms with Crippen LogP contribution in [0.2, 0.25) is 0 Å². The largest absolute Gasteiger partial charge is 0.255 e. The molecule has 2 rings (SSSR count). The molecule has 18 heavy (non-hydrogen) atoms. The summed E-state index contributed by atoms with van der Waals surface area (Å²) in [6.07, 6.45) is 5.51. The maximum Gasteiger partial charge on any atom is 0.123 e. The van der Waals surface area contributed by atoms with Gasteiger partial charge in [0.15, 0.2) is 0 Å². The van der Waals surface area contributed by atoms with Crippen molar-refractivity contribution in [3.05, 3.63) is 65.5 Å². The molecular formula is C15H13FOS. The molecule has 0 saturated heterocycles. The van der Waals surface area contributed by atoms with Crippen molar-refractivity contribution in [2.24, 2.45) is 0 Å². The molecule has 0 N–H and O–H groups in total. The lowest BCUT2D eigenvalue weighted by Gasteiger charge is -1.97. The van der Waals surface area contributed by atoms with E-state index in [9.17, 15) is 8.60 Å². The highest BCUT2D eigenvalue weighted by molar-refractivity contribution is 7.84. The second kappa shape index (κ2) is 5.74. The summed E-state index contributed by atoms with van der Waals surface area (Å²) < 4.78 is 23.9. The third-order valence-electron chi connectivity index (χ3n) is 2.55. The molecule has 2 aromatic rings. The third-order valence-corrected chi connectivity index (χ3v) is 3.49. The van der Waals surface area contributed by atoms with Gasteiger partial charge in [-0.05, 0) is 35.4 Å². The fourth-order valence-electron chi connectivity index (χ4n) is 1.54. The lowest BCUT2D eigenvalue weighted by Crippen LogP contribution is -1.86. The Labute approximate surface area is 108 Å². The van der Waals surface area contributed by atoms with Crippen molar-refractivity contribution in [1.29, 1.82) is 0 Å². The molecule has 2 aromatic carbocycles. The highest BCUT2D eigenvalue weighted by Crippen LogP contribution is 2.12. The van der Waals surface area contributed by atoms with Gasteiger partial charge in [0.25, 0.3) is 0 Å². The highest BCUT2D eigenvalue weighted by Gasteiger charge is 1.95. The van der Waals surface area contributed by atoms with E-state index in [2.05, 4.69) is 0 Å². The van der Waals surface area contributed by atoms with Crippen LogP contribution in [0, 0.1) is 5.82 Å². The maximum atomic E-state index is 12.7. The summed E-state index contributed by atoms with van der Waals surface area (Å²) in [5, 5.41) is 0. The van der Waals surface area contributed by atoms with Gasteiger partial charge in [0, 0.05) is 22.0 Å². The van der Waals surface area contributed by atoms with Gasteiger partial charge in [-0.3, -0.25) is 4.21 Å². The van der Waals surface area contributed by atoms with Crippen LogP contribution in [0.25, 0.3) is 12.2 Å². The van der Waals surface area contributed by atoms with Crippen LogP contribution in [-0.2, 0) is 10.8 Å². The average Bonchev–Trinajstić information content (AvgIpc) is 2.38. The molecule has 1 unspecified atom stereocenters. The Morgan fingerprint density at radius 3 is 1.78 bits per heavy atom. The number of benzene rings is 2. The Morgan fingerprint density at radius 2 is 1.33 bits per heavy atom. The molecule has 1 atom stereocenters. The lowest BCUT2D eigenvalue weighted by molar-refractivity contribution is 0.628. The van der Waals surface area contributed by atoms with E-state index in [-0.39, 0.29) is 5.82 Å². The Bertz CT molecular complexity index is 570. The van der Waals surface area contributed by atoms with Crippen molar-refractivity contribution in [3.63, 3.8) is 0 Å². The van der Waals surface area contributed by atoms with Crippen LogP contribution in [0.5, 0.6) is 0 Å². The monoisotopic (exact) mass is 260 g/mol. The summed E-state index contributed by atoms with van der Waals surface area (Å²) in [6.45, 7) is 0. The molecule has 0 fully saturated rings. The van der Waals surface area contributed by atoms with Gasteiger partial charge in [-0.25, -0.2) is 4.39 Å². The van der Waals surface area contributed by atoms with E-state index in [0.717, 1.165) is 16.0 Å². The van der Waals surface area contributed by atoms with Crippen molar-refractivity contribution < 1.29 is 8.60 Å². The molecule has 0 saturated carbocycles. The summed E-state index contributed by atoms with van der Waals surface area (Å²) >= 11 is 0. The molecule has 3 heteroatoms.